The smallest absolute Gasteiger partial charge is 0.185 e. The Kier molecular flexibility index (Phi) is 9.45. The van der Waals surface area contributed by atoms with Gasteiger partial charge in [0.05, 0.1) is 0 Å². The maximum Gasteiger partial charge on any atom is 0.185 e. The van der Waals surface area contributed by atoms with Gasteiger partial charge in [0.2, 0.25) is 0 Å². The minimum absolute atomic E-state index is 0.0305. The van der Waals surface area contributed by atoms with Gasteiger partial charge in [-0.2, -0.15) is 0 Å². The number of nitrogens with one attached hydrogen (secondary N) is 1. The molecule has 4 nitrogen and oxygen atoms in total. The van der Waals surface area contributed by atoms with Gasteiger partial charge in [0.25, 0.3) is 0 Å². The third kappa shape index (κ3) is 7.39. The Morgan fingerprint density at radius 3 is 2.38 bits per heavy atom. The number of nitrogens with zero attached hydrogens (tertiary/aromatic N) is 2. The van der Waals surface area contributed by atoms with Crippen molar-refractivity contribution in [3.63, 3.8) is 0 Å². The first-order chi connectivity index (χ1) is 14.0. The second-order valence-electron chi connectivity index (χ2n) is 7.55. The summed E-state index contributed by atoms with van der Waals surface area (Å²) in [5.41, 5.74) is 3.92. The Hall–Kier alpha value is -2.59. The molecule has 2 rings (SSSR count). The molecule has 0 saturated carbocycles. The van der Waals surface area contributed by atoms with Gasteiger partial charge in [-0.15, -0.1) is 0 Å². The molecule has 0 aromatic heterocycles. The van der Waals surface area contributed by atoms with E-state index < -0.39 is 0 Å². The van der Waals surface area contributed by atoms with Crippen LogP contribution in [0, 0.1) is 0 Å². The minimum Gasteiger partial charge on any atom is -0.383 e. The minimum atomic E-state index is 0.0305. The zero-order valence-corrected chi connectivity index (χ0v) is 18.3. The number of rotatable bonds is 12. The summed E-state index contributed by atoms with van der Waals surface area (Å²) in [7, 11) is 4.12. The van der Waals surface area contributed by atoms with Crippen LogP contribution in [0.1, 0.15) is 42.6 Å². The molecule has 0 saturated heterocycles. The van der Waals surface area contributed by atoms with E-state index in [0.29, 0.717) is 0 Å². The first-order valence-electron chi connectivity index (χ1n) is 10.6. The molecule has 0 aliphatic carbocycles. The van der Waals surface area contributed by atoms with Crippen LogP contribution in [-0.4, -0.2) is 51.0 Å². The van der Waals surface area contributed by atoms with Crippen LogP contribution >= 0.6 is 0 Å². The molecule has 2 aromatic carbocycles. The number of hydrogen-bond donors (Lipinski definition) is 1. The van der Waals surface area contributed by atoms with Crippen LogP contribution in [0.15, 0.2) is 54.6 Å². The van der Waals surface area contributed by atoms with E-state index in [4.69, 9.17) is 0 Å². The standard InChI is InChI=1S/C25H35N3O/c1-5-17-28(18-6-2)23-12-9-11-22(20-23)25(29)15-14-21-10-7-8-13-24(21)26-16-19-27(3)4/h7-15,20,26H,5-6,16-19H2,1-4H3. The van der Waals surface area contributed by atoms with Crippen molar-refractivity contribution in [2.24, 2.45) is 0 Å². The van der Waals surface area contributed by atoms with Crippen LogP contribution in [0.5, 0.6) is 0 Å². The molecule has 0 aliphatic rings. The molecular formula is C25H35N3O. The highest BCUT2D eigenvalue weighted by atomic mass is 16.1. The lowest BCUT2D eigenvalue weighted by Crippen LogP contribution is -2.24. The van der Waals surface area contributed by atoms with Crippen molar-refractivity contribution in [1.29, 1.82) is 0 Å². The summed E-state index contributed by atoms with van der Waals surface area (Å²) in [6.07, 6.45) is 5.77. The van der Waals surface area contributed by atoms with E-state index in [9.17, 15) is 4.79 Å². The second kappa shape index (κ2) is 12.1. The SMILES string of the molecule is CCCN(CCC)c1cccc(C(=O)C=Cc2ccccc2NCCN(C)C)c1. The van der Waals surface area contributed by atoms with Crippen molar-refractivity contribution in [3.8, 4) is 0 Å². The Bertz CT molecular complexity index is 792. The molecule has 0 fully saturated rings. The third-order valence-corrected chi connectivity index (χ3v) is 4.73. The van der Waals surface area contributed by atoms with Gasteiger partial charge in [0.15, 0.2) is 5.78 Å². The number of likely N-dealkylation sites (N-methyl/N-ethyl adjacent to an activating group) is 1. The molecular weight excluding hydrogens is 358 g/mol. The average Bonchev–Trinajstić information content (AvgIpc) is 2.72. The molecule has 4 heteroatoms. The number of carbonyl (C=O) groups excluding carboxylic acids is 1. The van der Waals surface area contributed by atoms with Crippen LogP contribution in [0.4, 0.5) is 11.4 Å². The number of ketones is 1. The van der Waals surface area contributed by atoms with Gasteiger partial charge in [-0.25, -0.2) is 0 Å². The van der Waals surface area contributed by atoms with E-state index in [-0.39, 0.29) is 5.78 Å². The summed E-state index contributed by atoms with van der Waals surface area (Å²) in [5.74, 6) is 0.0305. The van der Waals surface area contributed by atoms with Crippen molar-refractivity contribution >= 4 is 23.2 Å². The number of allylic oxidation sites excluding steroid dienone is 1. The van der Waals surface area contributed by atoms with E-state index in [1.54, 1.807) is 6.08 Å². The Morgan fingerprint density at radius 1 is 0.966 bits per heavy atom. The van der Waals surface area contributed by atoms with Crippen molar-refractivity contribution in [1.82, 2.24) is 4.90 Å². The number of anilines is 2. The van der Waals surface area contributed by atoms with Gasteiger partial charge >= 0.3 is 0 Å². The number of benzene rings is 2. The van der Waals surface area contributed by atoms with Gasteiger partial charge in [-0.1, -0.05) is 44.2 Å². The summed E-state index contributed by atoms with van der Waals surface area (Å²) in [4.78, 5) is 17.3. The maximum atomic E-state index is 12.8. The van der Waals surface area contributed by atoms with E-state index in [0.717, 1.165) is 61.5 Å². The zero-order chi connectivity index (χ0) is 21.1. The van der Waals surface area contributed by atoms with Gasteiger partial charge in [-0.05, 0) is 62.9 Å². The van der Waals surface area contributed by atoms with E-state index in [1.165, 1.54) is 0 Å². The summed E-state index contributed by atoms with van der Waals surface area (Å²) in [5, 5.41) is 3.45. The predicted octanol–water partition coefficient (Wildman–Crippen LogP) is 5.18. The normalized spacial score (nSPS) is 11.2. The highest BCUT2D eigenvalue weighted by molar-refractivity contribution is 6.07. The lowest BCUT2D eigenvalue weighted by atomic mass is 10.1. The van der Waals surface area contributed by atoms with E-state index >= 15 is 0 Å². The van der Waals surface area contributed by atoms with Crippen molar-refractivity contribution in [3.05, 3.63) is 65.7 Å². The highest BCUT2D eigenvalue weighted by Gasteiger charge is 2.08. The summed E-state index contributed by atoms with van der Waals surface area (Å²) in [6, 6.07) is 16.1. The van der Waals surface area contributed by atoms with Crippen molar-refractivity contribution < 1.29 is 4.79 Å². The molecule has 0 bridgehead atoms. The topological polar surface area (TPSA) is 35.6 Å². The molecule has 1 N–H and O–H groups in total. The molecule has 0 radical (unpaired) electrons. The van der Waals surface area contributed by atoms with Gasteiger partial charge in [-0.3, -0.25) is 4.79 Å². The summed E-state index contributed by atoms with van der Waals surface area (Å²) < 4.78 is 0. The maximum absolute atomic E-state index is 12.8. The van der Waals surface area contributed by atoms with Crippen LogP contribution in [0.3, 0.4) is 0 Å². The van der Waals surface area contributed by atoms with Crippen molar-refractivity contribution in [2.75, 3.05) is 50.5 Å². The fourth-order valence-corrected chi connectivity index (χ4v) is 3.24. The lowest BCUT2D eigenvalue weighted by molar-refractivity contribution is 0.104. The molecule has 156 valence electrons. The third-order valence-electron chi connectivity index (χ3n) is 4.73. The largest absolute Gasteiger partial charge is 0.383 e. The molecule has 29 heavy (non-hydrogen) atoms. The number of para-hydroxylation sites is 1. The molecule has 0 aliphatic heterocycles. The Labute approximate surface area is 176 Å². The monoisotopic (exact) mass is 393 g/mol. The Balaban J connectivity index is 2.12. The van der Waals surface area contributed by atoms with Gasteiger partial charge in [0, 0.05) is 43.1 Å². The number of hydrogen-bond acceptors (Lipinski definition) is 4. The molecule has 0 heterocycles. The summed E-state index contributed by atoms with van der Waals surface area (Å²) in [6.45, 7) is 8.20. The molecule has 0 amide bonds. The molecule has 0 unspecified atom stereocenters. The fourth-order valence-electron chi connectivity index (χ4n) is 3.24. The predicted molar refractivity (Wildman–Crippen MR) is 126 cm³/mol. The molecule has 0 atom stereocenters. The Morgan fingerprint density at radius 2 is 1.69 bits per heavy atom. The average molecular weight is 394 g/mol. The quantitative estimate of drug-likeness (QED) is 0.398. The molecule has 0 spiro atoms. The summed E-state index contributed by atoms with van der Waals surface area (Å²) >= 11 is 0. The van der Waals surface area contributed by atoms with Crippen LogP contribution in [0.2, 0.25) is 0 Å². The highest BCUT2D eigenvalue weighted by Crippen LogP contribution is 2.20. The zero-order valence-electron chi connectivity index (χ0n) is 18.3. The molecule has 2 aromatic rings. The fraction of sp³-hybridized carbons (Fsp3) is 0.400. The number of carbonyl (C=O) groups is 1. The van der Waals surface area contributed by atoms with Crippen molar-refractivity contribution in [2.45, 2.75) is 26.7 Å². The second-order valence-corrected chi connectivity index (χ2v) is 7.55. The van der Waals surface area contributed by atoms with Crippen LogP contribution in [0.25, 0.3) is 6.08 Å². The van der Waals surface area contributed by atoms with E-state index in [1.807, 2.05) is 48.5 Å². The lowest BCUT2D eigenvalue weighted by Gasteiger charge is -2.24. The van der Waals surface area contributed by atoms with E-state index in [2.05, 4.69) is 49.1 Å². The van der Waals surface area contributed by atoms with Crippen LogP contribution < -0.4 is 10.2 Å². The first kappa shape index (κ1) is 22.7. The van der Waals surface area contributed by atoms with Crippen LogP contribution in [-0.2, 0) is 0 Å². The van der Waals surface area contributed by atoms with Gasteiger partial charge < -0.3 is 15.1 Å². The van der Waals surface area contributed by atoms with Gasteiger partial charge in [0.1, 0.15) is 0 Å². The first-order valence-corrected chi connectivity index (χ1v) is 10.6.